The van der Waals surface area contributed by atoms with Gasteiger partial charge in [0.25, 0.3) is 0 Å². The number of nitrogens with one attached hydrogen (secondary N) is 3. The van der Waals surface area contributed by atoms with Crippen LogP contribution in [-0.2, 0) is 0 Å². The van der Waals surface area contributed by atoms with Crippen LogP contribution >= 0.6 is 0 Å². The minimum Gasteiger partial charge on any atom is -0.467 e. The van der Waals surface area contributed by atoms with Crippen LogP contribution in [0.5, 0.6) is 17.6 Å². The van der Waals surface area contributed by atoms with E-state index < -0.39 is 0 Å². The Morgan fingerprint density at radius 2 is 1.87 bits per heavy atom. The summed E-state index contributed by atoms with van der Waals surface area (Å²) in [7, 11) is 1.51. The van der Waals surface area contributed by atoms with E-state index in [1.165, 1.54) is 7.11 Å². The lowest BCUT2D eigenvalue weighted by Crippen LogP contribution is -1.96. The highest BCUT2D eigenvalue weighted by Gasteiger charge is 2.13. The molecule has 9 heteroatoms. The van der Waals surface area contributed by atoms with Gasteiger partial charge >= 0.3 is 6.01 Å². The molecule has 3 N–H and O–H groups in total. The molecule has 0 atom stereocenters. The second-order valence-electron chi connectivity index (χ2n) is 6.90. The molecule has 0 bridgehead atoms. The number of benzene rings is 2. The molecule has 0 aliphatic rings. The van der Waals surface area contributed by atoms with Gasteiger partial charge < -0.3 is 24.8 Å². The highest BCUT2D eigenvalue weighted by atomic mass is 16.5. The zero-order valence-electron chi connectivity index (χ0n) is 16.9. The first-order valence-corrected chi connectivity index (χ1v) is 9.62. The second kappa shape index (κ2) is 7.79. The van der Waals surface area contributed by atoms with Crippen molar-refractivity contribution in [2.75, 3.05) is 12.4 Å². The monoisotopic (exact) mass is 413 g/mol. The van der Waals surface area contributed by atoms with Crippen molar-refractivity contribution < 1.29 is 9.47 Å². The van der Waals surface area contributed by atoms with E-state index in [4.69, 9.17) is 9.47 Å². The fraction of sp³-hybridized carbons (Fsp3) is 0.0909. The van der Waals surface area contributed by atoms with E-state index in [0.717, 1.165) is 22.2 Å². The predicted molar refractivity (Wildman–Crippen MR) is 117 cm³/mol. The number of H-pyrrole nitrogens is 2. The van der Waals surface area contributed by atoms with Crippen LogP contribution in [0.2, 0.25) is 0 Å². The largest absolute Gasteiger partial charge is 0.467 e. The molecule has 0 unspecified atom stereocenters. The molecule has 154 valence electrons. The van der Waals surface area contributed by atoms with Crippen LogP contribution in [0.15, 0.2) is 60.8 Å². The summed E-state index contributed by atoms with van der Waals surface area (Å²) in [4.78, 5) is 14.8. The molecule has 0 aliphatic carbocycles. The normalized spacial score (nSPS) is 10.9. The number of methoxy groups -OCH3 is 1. The van der Waals surface area contributed by atoms with Gasteiger partial charge in [0, 0.05) is 17.4 Å². The van der Waals surface area contributed by atoms with Crippen molar-refractivity contribution in [1.82, 2.24) is 30.1 Å². The number of hydrogen-bond acceptors (Lipinski definition) is 7. The van der Waals surface area contributed by atoms with Crippen LogP contribution in [-0.4, -0.2) is 37.2 Å². The predicted octanol–water partition coefficient (Wildman–Crippen LogP) is 4.60. The average Bonchev–Trinajstić information content (AvgIpc) is 3.43. The lowest BCUT2D eigenvalue weighted by Gasteiger charge is -2.08. The van der Waals surface area contributed by atoms with Crippen molar-refractivity contribution in [3.8, 4) is 29.0 Å². The minimum atomic E-state index is 0.225. The summed E-state index contributed by atoms with van der Waals surface area (Å²) < 4.78 is 11.2. The molecule has 0 fully saturated rings. The van der Waals surface area contributed by atoms with E-state index in [0.29, 0.717) is 29.0 Å². The number of aromatic amines is 2. The third kappa shape index (κ3) is 3.88. The molecular weight excluding hydrogens is 394 g/mol. The zero-order chi connectivity index (χ0) is 21.2. The number of ether oxygens (including phenoxy) is 2. The molecule has 9 nitrogen and oxygen atoms in total. The van der Waals surface area contributed by atoms with E-state index >= 15 is 0 Å². The number of anilines is 2. The molecule has 3 heterocycles. The van der Waals surface area contributed by atoms with E-state index in [9.17, 15) is 0 Å². The van der Waals surface area contributed by atoms with Crippen molar-refractivity contribution in [3.63, 3.8) is 0 Å². The van der Waals surface area contributed by atoms with Crippen LogP contribution in [0, 0.1) is 6.92 Å². The SMILES string of the molecule is COc1nc(Oc2cccc(-c3nnc(Nc4cccc(C)c4)[nH]3)c2)c2cc[nH]c2n1. The van der Waals surface area contributed by atoms with E-state index in [-0.39, 0.29) is 6.01 Å². The third-order valence-electron chi connectivity index (χ3n) is 4.63. The minimum absolute atomic E-state index is 0.225. The summed E-state index contributed by atoms with van der Waals surface area (Å²) in [6, 6.07) is 17.6. The van der Waals surface area contributed by atoms with Gasteiger partial charge in [-0.15, -0.1) is 10.2 Å². The van der Waals surface area contributed by atoms with Gasteiger partial charge in [-0.3, -0.25) is 0 Å². The van der Waals surface area contributed by atoms with E-state index in [1.807, 2.05) is 61.5 Å². The highest BCUT2D eigenvalue weighted by Crippen LogP contribution is 2.30. The molecule has 0 amide bonds. The van der Waals surface area contributed by atoms with Gasteiger partial charge in [0.2, 0.25) is 11.8 Å². The molecule has 3 aromatic heterocycles. The summed E-state index contributed by atoms with van der Waals surface area (Å²) in [5.41, 5.74) is 3.56. The zero-order valence-corrected chi connectivity index (χ0v) is 16.9. The van der Waals surface area contributed by atoms with Crippen molar-refractivity contribution in [2.45, 2.75) is 6.92 Å². The molecule has 5 rings (SSSR count). The molecule has 0 saturated heterocycles. The third-order valence-corrected chi connectivity index (χ3v) is 4.63. The van der Waals surface area contributed by atoms with Crippen LogP contribution in [0.25, 0.3) is 22.4 Å². The van der Waals surface area contributed by atoms with Crippen LogP contribution in [0.1, 0.15) is 5.56 Å². The number of aryl methyl sites for hydroxylation is 1. The van der Waals surface area contributed by atoms with Crippen molar-refractivity contribution in [3.05, 3.63) is 66.4 Å². The Kier molecular flexibility index (Phi) is 4.68. The van der Waals surface area contributed by atoms with Gasteiger partial charge in [0.05, 0.1) is 12.5 Å². The second-order valence-corrected chi connectivity index (χ2v) is 6.90. The van der Waals surface area contributed by atoms with Gasteiger partial charge in [-0.05, 0) is 42.8 Å². The summed E-state index contributed by atoms with van der Waals surface area (Å²) in [6.45, 7) is 2.04. The maximum absolute atomic E-state index is 6.04. The molecule has 0 spiro atoms. The van der Waals surface area contributed by atoms with Crippen molar-refractivity contribution in [1.29, 1.82) is 0 Å². The van der Waals surface area contributed by atoms with Gasteiger partial charge in [0.15, 0.2) is 5.82 Å². The maximum Gasteiger partial charge on any atom is 0.321 e. The first kappa shape index (κ1) is 18.6. The number of aromatic nitrogens is 6. The van der Waals surface area contributed by atoms with E-state index in [1.54, 1.807) is 6.20 Å². The van der Waals surface area contributed by atoms with E-state index in [2.05, 4.69) is 35.5 Å². The Hall–Kier alpha value is -4.40. The standard InChI is InChI=1S/C22H19N7O2/c1-13-5-3-7-15(11-13)24-21-25-18(28-29-21)14-6-4-8-16(12-14)31-20-17-9-10-23-19(17)26-22(27-20)30-2/h3-12H,1-2H3,(H,23,26,27)(H2,24,25,28,29). The van der Waals surface area contributed by atoms with Crippen LogP contribution in [0.4, 0.5) is 11.6 Å². The molecule has 5 aromatic rings. The number of fused-ring (bicyclic) bond motifs is 1. The maximum atomic E-state index is 6.04. The van der Waals surface area contributed by atoms with Crippen LogP contribution in [0.3, 0.4) is 0 Å². The number of hydrogen-bond donors (Lipinski definition) is 3. The molecule has 2 aromatic carbocycles. The Morgan fingerprint density at radius 1 is 0.968 bits per heavy atom. The Balaban J connectivity index is 1.40. The summed E-state index contributed by atoms with van der Waals surface area (Å²) in [5, 5.41) is 12.4. The Bertz CT molecular complexity index is 1360. The number of rotatable bonds is 6. The van der Waals surface area contributed by atoms with Gasteiger partial charge in [-0.2, -0.15) is 9.97 Å². The Morgan fingerprint density at radius 3 is 2.74 bits per heavy atom. The lowest BCUT2D eigenvalue weighted by atomic mass is 10.2. The molecule has 0 saturated carbocycles. The number of nitrogens with zero attached hydrogens (tertiary/aromatic N) is 4. The smallest absolute Gasteiger partial charge is 0.321 e. The quantitative estimate of drug-likeness (QED) is 0.373. The Labute approximate surface area is 177 Å². The highest BCUT2D eigenvalue weighted by molar-refractivity contribution is 5.81. The summed E-state index contributed by atoms with van der Waals surface area (Å²) >= 11 is 0. The van der Waals surface area contributed by atoms with Gasteiger partial charge in [-0.25, -0.2) is 0 Å². The summed E-state index contributed by atoms with van der Waals surface area (Å²) in [5.74, 6) is 2.18. The first-order chi connectivity index (χ1) is 15.2. The van der Waals surface area contributed by atoms with Gasteiger partial charge in [0.1, 0.15) is 11.4 Å². The molecule has 31 heavy (non-hydrogen) atoms. The molecule has 0 radical (unpaired) electrons. The fourth-order valence-electron chi connectivity index (χ4n) is 3.19. The summed E-state index contributed by atoms with van der Waals surface area (Å²) in [6.07, 6.45) is 1.78. The van der Waals surface area contributed by atoms with Crippen molar-refractivity contribution in [2.24, 2.45) is 0 Å². The lowest BCUT2D eigenvalue weighted by molar-refractivity contribution is 0.370. The topological polar surface area (TPSA) is 114 Å². The first-order valence-electron chi connectivity index (χ1n) is 9.62. The fourth-order valence-corrected chi connectivity index (χ4v) is 3.19. The molecule has 0 aliphatic heterocycles. The average molecular weight is 413 g/mol. The van der Waals surface area contributed by atoms with Crippen molar-refractivity contribution >= 4 is 22.7 Å². The van der Waals surface area contributed by atoms with Gasteiger partial charge in [-0.1, -0.05) is 24.3 Å². The molecular formula is C22H19N7O2. The van der Waals surface area contributed by atoms with Crippen LogP contribution < -0.4 is 14.8 Å².